The first kappa shape index (κ1) is 15.6. The zero-order valence-corrected chi connectivity index (χ0v) is 11.9. The van der Waals surface area contributed by atoms with Crippen molar-refractivity contribution >= 4 is 23.3 Å². The lowest BCUT2D eigenvalue weighted by molar-refractivity contribution is 0.0692. The Morgan fingerprint density at radius 1 is 1.32 bits per heavy atom. The average Bonchev–Trinajstić information content (AvgIpc) is 2.34. The van der Waals surface area contributed by atoms with Crippen LogP contribution in [0.2, 0.25) is 5.02 Å². The van der Waals surface area contributed by atoms with Crippen LogP contribution >= 0.6 is 11.6 Å². The molecule has 0 heterocycles. The standard InChI is InChI=1S/C14H20ClNO3/c1-2-3-4-5-6-7-19-13-11(14(17)18)8-10(16)9-12(13)15/h8-9H,2-7,16H2,1H3,(H,17,18). The molecule has 0 saturated carbocycles. The summed E-state index contributed by atoms with van der Waals surface area (Å²) in [4.78, 5) is 11.1. The maximum Gasteiger partial charge on any atom is 0.339 e. The minimum absolute atomic E-state index is 0.0126. The second-order valence-electron chi connectivity index (χ2n) is 4.45. The number of nitrogen functional groups attached to an aromatic ring is 1. The van der Waals surface area contributed by atoms with Gasteiger partial charge in [0.2, 0.25) is 0 Å². The predicted octanol–water partition coefficient (Wildman–Crippen LogP) is 3.97. The lowest BCUT2D eigenvalue weighted by Crippen LogP contribution is -2.06. The van der Waals surface area contributed by atoms with Crippen LogP contribution < -0.4 is 10.5 Å². The molecule has 0 aliphatic heterocycles. The summed E-state index contributed by atoms with van der Waals surface area (Å²) in [5.41, 5.74) is 5.90. The minimum Gasteiger partial charge on any atom is -0.491 e. The summed E-state index contributed by atoms with van der Waals surface area (Å²) in [5.74, 6) is -0.881. The number of halogens is 1. The lowest BCUT2D eigenvalue weighted by Gasteiger charge is -2.11. The molecule has 0 bridgehead atoms. The van der Waals surface area contributed by atoms with Crippen LogP contribution in [0.1, 0.15) is 49.4 Å². The van der Waals surface area contributed by atoms with Crippen molar-refractivity contribution in [1.29, 1.82) is 0 Å². The third-order valence-electron chi connectivity index (χ3n) is 2.79. The van der Waals surface area contributed by atoms with Crippen molar-refractivity contribution < 1.29 is 14.6 Å². The SMILES string of the molecule is CCCCCCCOc1c(Cl)cc(N)cc1C(=O)O. The van der Waals surface area contributed by atoms with E-state index in [0.717, 1.165) is 12.8 Å². The summed E-state index contributed by atoms with van der Waals surface area (Å²) in [6.45, 7) is 2.62. The first-order valence-corrected chi connectivity index (χ1v) is 6.89. The summed E-state index contributed by atoms with van der Waals surface area (Å²) in [6.07, 6.45) is 5.53. The van der Waals surface area contributed by atoms with Crippen LogP contribution in [0.5, 0.6) is 5.75 Å². The van der Waals surface area contributed by atoms with E-state index in [4.69, 9.17) is 27.2 Å². The zero-order chi connectivity index (χ0) is 14.3. The molecule has 0 unspecified atom stereocenters. The van der Waals surface area contributed by atoms with Gasteiger partial charge in [0, 0.05) is 5.69 Å². The van der Waals surface area contributed by atoms with Crippen LogP contribution in [0.25, 0.3) is 0 Å². The summed E-state index contributed by atoms with van der Waals surface area (Å²) in [5, 5.41) is 9.33. The van der Waals surface area contributed by atoms with Gasteiger partial charge >= 0.3 is 5.97 Å². The van der Waals surface area contributed by atoms with Crippen molar-refractivity contribution in [1.82, 2.24) is 0 Å². The van der Waals surface area contributed by atoms with Gasteiger partial charge in [0.25, 0.3) is 0 Å². The van der Waals surface area contributed by atoms with Crippen molar-refractivity contribution in [3.05, 3.63) is 22.7 Å². The van der Waals surface area contributed by atoms with Gasteiger partial charge in [0.05, 0.1) is 11.6 Å². The van der Waals surface area contributed by atoms with Gasteiger partial charge in [-0.1, -0.05) is 44.2 Å². The molecule has 4 nitrogen and oxygen atoms in total. The highest BCUT2D eigenvalue weighted by atomic mass is 35.5. The molecule has 0 spiro atoms. The topological polar surface area (TPSA) is 72.5 Å². The van der Waals surface area contributed by atoms with Gasteiger partial charge in [-0.25, -0.2) is 4.79 Å². The molecule has 5 heteroatoms. The second kappa shape index (κ2) is 7.89. The van der Waals surface area contributed by atoms with Crippen molar-refractivity contribution in [2.75, 3.05) is 12.3 Å². The Bertz CT molecular complexity index is 435. The van der Waals surface area contributed by atoms with E-state index in [1.165, 1.54) is 31.4 Å². The number of unbranched alkanes of at least 4 members (excludes halogenated alkanes) is 4. The fraction of sp³-hybridized carbons (Fsp3) is 0.500. The molecule has 0 amide bonds. The fourth-order valence-corrected chi connectivity index (χ4v) is 2.08. The van der Waals surface area contributed by atoms with Gasteiger partial charge in [-0.3, -0.25) is 0 Å². The summed E-state index contributed by atoms with van der Waals surface area (Å²) < 4.78 is 5.50. The summed E-state index contributed by atoms with van der Waals surface area (Å²) >= 11 is 5.97. The Morgan fingerprint density at radius 3 is 2.63 bits per heavy atom. The van der Waals surface area contributed by atoms with Gasteiger partial charge in [0.15, 0.2) is 5.75 Å². The molecule has 0 aliphatic carbocycles. The number of carbonyl (C=O) groups is 1. The highest BCUT2D eigenvalue weighted by molar-refractivity contribution is 6.33. The zero-order valence-electron chi connectivity index (χ0n) is 11.1. The Labute approximate surface area is 118 Å². The Morgan fingerprint density at radius 2 is 2.00 bits per heavy atom. The molecule has 106 valence electrons. The fourth-order valence-electron chi connectivity index (χ4n) is 1.80. The molecule has 0 fully saturated rings. The molecule has 0 aliphatic rings. The maximum atomic E-state index is 11.1. The van der Waals surface area contributed by atoms with E-state index in [0.29, 0.717) is 12.3 Å². The van der Waals surface area contributed by atoms with Crippen molar-refractivity contribution in [2.24, 2.45) is 0 Å². The lowest BCUT2D eigenvalue weighted by atomic mass is 10.1. The van der Waals surface area contributed by atoms with Gasteiger partial charge in [0.1, 0.15) is 5.56 Å². The number of benzene rings is 1. The van der Waals surface area contributed by atoms with Crippen LogP contribution in [0.3, 0.4) is 0 Å². The predicted molar refractivity (Wildman–Crippen MR) is 77.1 cm³/mol. The smallest absolute Gasteiger partial charge is 0.339 e. The number of carboxylic acid groups (broad SMARTS) is 1. The van der Waals surface area contributed by atoms with Crippen LogP contribution in [0.4, 0.5) is 5.69 Å². The van der Waals surface area contributed by atoms with Gasteiger partial charge in [-0.2, -0.15) is 0 Å². The second-order valence-corrected chi connectivity index (χ2v) is 4.85. The highest BCUT2D eigenvalue weighted by Gasteiger charge is 2.16. The number of aromatic carboxylic acids is 1. The van der Waals surface area contributed by atoms with Crippen LogP contribution in [0.15, 0.2) is 12.1 Å². The van der Waals surface area contributed by atoms with E-state index >= 15 is 0 Å². The van der Waals surface area contributed by atoms with Crippen LogP contribution in [0, 0.1) is 0 Å². The van der Waals surface area contributed by atoms with E-state index in [2.05, 4.69) is 6.92 Å². The van der Waals surface area contributed by atoms with Crippen molar-refractivity contribution in [3.8, 4) is 5.75 Å². The molecule has 1 rings (SSSR count). The molecule has 1 aromatic carbocycles. The van der Waals surface area contributed by atoms with Gasteiger partial charge in [-0.15, -0.1) is 0 Å². The molecule has 19 heavy (non-hydrogen) atoms. The summed E-state index contributed by atoms with van der Waals surface area (Å²) in [6, 6.07) is 2.86. The average molecular weight is 286 g/mol. The number of nitrogens with two attached hydrogens (primary N) is 1. The first-order chi connectivity index (χ1) is 9.06. The van der Waals surface area contributed by atoms with Crippen LogP contribution in [-0.2, 0) is 0 Å². The van der Waals surface area contributed by atoms with Crippen molar-refractivity contribution in [3.63, 3.8) is 0 Å². The Balaban J connectivity index is 2.59. The molecule has 0 aromatic heterocycles. The molecule has 1 aromatic rings. The highest BCUT2D eigenvalue weighted by Crippen LogP contribution is 2.31. The molecule has 0 atom stereocenters. The number of hydrogen-bond acceptors (Lipinski definition) is 3. The van der Waals surface area contributed by atoms with Gasteiger partial charge in [-0.05, 0) is 18.6 Å². The van der Waals surface area contributed by atoms with E-state index in [-0.39, 0.29) is 16.3 Å². The first-order valence-electron chi connectivity index (χ1n) is 6.51. The number of anilines is 1. The molecular formula is C14H20ClNO3. The molecule has 0 saturated heterocycles. The third-order valence-corrected chi connectivity index (χ3v) is 3.07. The minimum atomic E-state index is -1.09. The number of hydrogen-bond donors (Lipinski definition) is 2. The Hall–Kier alpha value is -1.42. The molecule has 0 radical (unpaired) electrons. The molecular weight excluding hydrogens is 266 g/mol. The van der Waals surface area contributed by atoms with E-state index in [1.54, 1.807) is 0 Å². The number of rotatable bonds is 8. The Kier molecular flexibility index (Phi) is 6.50. The van der Waals surface area contributed by atoms with E-state index in [1.807, 2.05) is 0 Å². The third kappa shape index (κ3) is 4.99. The quantitative estimate of drug-likeness (QED) is 0.560. The largest absolute Gasteiger partial charge is 0.491 e. The van der Waals surface area contributed by atoms with Crippen LogP contribution in [-0.4, -0.2) is 17.7 Å². The maximum absolute atomic E-state index is 11.1. The van der Waals surface area contributed by atoms with Crippen molar-refractivity contribution in [2.45, 2.75) is 39.0 Å². The number of ether oxygens (including phenoxy) is 1. The normalized spacial score (nSPS) is 10.4. The van der Waals surface area contributed by atoms with Gasteiger partial charge < -0.3 is 15.6 Å². The van der Waals surface area contributed by atoms with E-state index in [9.17, 15) is 4.79 Å². The van der Waals surface area contributed by atoms with E-state index < -0.39 is 5.97 Å². The number of carboxylic acids is 1. The molecule has 3 N–H and O–H groups in total. The monoisotopic (exact) mass is 285 g/mol. The summed E-state index contributed by atoms with van der Waals surface area (Å²) in [7, 11) is 0.